The summed E-state index contributed by atoms with van der Waals surface area (Å²) in [6.45, 7) is 3.17. The van der Waals surface area contributed by atoms with Crippen LogP contribution in [0.5, 0.6) is 0 Å². The quantitative estimate of drug-likeness (QED) is 0.823. The third-order valence-corrected chi connectivity index (χ3v) is 3.09. The predicted octanol–water partition coefficient (Wildman–Crippen LogP) is 1.75. The zero-order valence-electron chi connectivity index (χ0n) is 11.2. The number of nitrogens with zero attached hydrogens (tertiary/aromatic N) is 4. The van der Waals surface area contributed by atoms with Crippen LogP contribution in [0.1, 0.15) is 18.8 Å². The van der Waals surface area contributed by atoms with Gasteiger partial charge in [0.2, 0.25) is 0 Å². The van der Waals surface area contributed by atoms with E-state index >= 15 is 0 Å². The molecule has 0 bridgehead atoms. The number of benzene rings is 1. The van der Waals surface area contributed by atoms with Crippen LogP contribution in [-0.4, -0.2) is 40.5 Å². The fourth-order valence-electron chi connectivity index (χ4n) is 1.73. The van der Waals surface area contributed by atoms with Crippen molar-refractivity contribution in [1.82, 2.24) is 25.5 Å². The maximum absolute atomic E-state index is 13.5. The Balaban J connectivity index is 2.21. The number of hydrogen-bond acceptors (Lipinski definition) is 5. The van der Waals surface area contributed by atoms with Gasteiger partial charge in [0.15, 0.2) is 5.82 Å². The summed E-state index contributed by atoms with van der Waals surface area (Å²) in [5, 5.41) is 14.8. The van der Waals surface area contributed by atoms with E-state index in [1.807, 2.05) is 6.92 Å². The normalized spacial score (nSPS) is 12.6. The Morgan fingerprint density at radius 3 is 3.00 bits per heavy atom. The van der Waals surface area contributed by atoms with Crippen molar-refractivity contribution in [2.45, 2.75) is 13.0 Å². The van der Waals surface area contributed by atoms with E-state index < -0.39 is 5.82 Å². The second-order valence-electron chi connectivity index (χ2n) is 4.22. The van der Waals surface area contributed by atoms with Gasteiger partial charge in [-0.15, -0.1) is 5.10 Å². The minimum atomic E-state index is -0.509. The fourth-order valence-corrected chi connectivity index (χ4v) is 1.85. The van der Waals surface area contributed by atoms with Gasteiger partial charge in [-0.05, 0) is 29.5 Å². The van der Waals surface area contributed by atoms with Crippen LogP contribution in [0, 0.1) is 5.82 Å². The monoisotopic (exact) mass is 299 g/mol. The van der Waals surface area contributed by atoms with Crippen LogP contribution < -0.4 is 5.32 Å². The van der Waals surface area contributed by atoms with E-state index in [2.05, 4.69) is 20.8 Å². The molecule has 0 spiro atoms. The summed E-state index contributed by atoms with van der Waals surface area (Å²) in [5.41, 5.74) is 0.521. The highest BCUT2D eigenvalue weighted by Crippen LogP contribution is 2.19. The molecule has 0 amide bonds. The molecule has 1 heterocycles. The van der Waals surface area contributed by atoms with Gasteiger partial charge in [0.25, 0.3) is 0 Å². The predicted molar refractivity (Wildman–Crippen MR) is 72.4 cm³/mol. The van der Waals surface area contributed by atoms with Gasteiger partial charge in [0, 0.05) is 19.7 Å². The Kier molecular flexibility index (Phi) is 4.99. The standard InChI is InChI=1S/C12H15ClFN5O/c1-8(15-5-6-20-2)12-16-17-18-19(12)9-3-4-10(13)11(14)7-9/h3-4,7-8,15H,5-6H2,1-2H3. The number of tetrazole rings is 1. The highest BCUT2D eigenvalue weighted by Gasteiger charge is 2.16. The SMILES string of the molecule is COCCNC(C)c1nnnn1-c1ccc(Cl)c(F)c1. The van der Waals surface area contributed by atoms with E-state index in [1.165, 1.54) is 16.8 Å². The number of rotatable bonds is 6. The van der Waals surface area contributed by atoms with Crippen LogP contribution >= 0.6 is 11.6 Å². The average Bonchev–Trinajstić information content (AvgIpc) is 2.91. The first-order chi connectivity index (χ1) is 9.63. The Morgan fingerprint density at radius 1 is 1.50 bits per heavy atom. The molecule has 0 aliphatic heterocycles. The van der Waals surface area contributed by atoms with Gasteiger partial charge in [0.1, 0.15) is 5.82 Å². The second kappa shape index (κ2) is 6.74. The van der Waals surface area contributed by atoms with E-state index in [9.17, 15) is 4.39 Å². The number of methoxy groups -OCH3 is 1. The molecule has 2 rings (SSSR count). The van der Waals surface area contributed by atoms with E-state index in [-0.39, 0.29) is 11.1 Å². The summed E-state index contributed by atoms with van der Waals surface area (Å²) in [5.74, 6) is 0.0773. The molecule has 0 radical (unpaired) electrons. The molecule has 0 aliphatic carbocycles. The first kappa shape index (κ1) is 14.8. The lowest BCUT2D eigenvalue weighted by Crippen LogP contribution is -2.25. The van der Waals surface area contributed by atoms with Gasteiger partial charge in [-0.3, -0.25) is 0 Å². The number of ether oxygens (including phenoxy) is 1. The van der Waals surface area contributed by atoms with Crippen molar-refractivity contribution in [3.05, 3.63) is 34.9 Å². The minimum Gasteiger partial charge on any atom is -0.383 e. The third-order valence-electron chi connectivity index (χ3n) is 2.79. The lowest BCUT2D eigenvalue weighted by Gasteiger charge is -2.13. The van der Waals surface area contributed by atoms with Crippen molar-refractivity contribution in [2.75, 3.05) is 20.3 Å². The first-order valence-corrected chi connectivity index (χ1v) is 6.47. The smallest absolute Gasteiger partial charge is 0.173 e. The van der Waals surface area contributed by atoms with Gasteiger partial charge >= 0.3 is 0 Å². The third kappa shape index (κ3) is 3.30. The lowest BCUT2D eigenvalue weighted by molar-refractivity contribution is 0.196. The summed E-state index contributed by atoms with van der Waals surface area (Å²) in [6, 6.07) is 4.33. The van der Waals surface area contributed by atoms with Crippen LogP contribution in [0.4, 0.5) is 4.39 Å². The Labute approximate surface area is 120 Å². The van der Waals surface area contributed by atoms with Crippen molar-refractivity contribution in [3.63, 3.8) is 0 Å². The fraction of sp³-hybridized carbons (Fsp3) is 0.417. The van der Waals surface area contributed by atoms with Crippen LogP contribution in [0.25, 0.3) is 5.69 Å². The summed E-state index contributed by atoms with van der Waals surface area (Å²) >= 11 is 5.67. The van der Waals surface area contributed by atoms with E-state index in [0.717, 1.165) is 0 Å². The molecule has 1 atom stereocenters. The largest absolute Gasteiger partial charge is 0.383 e. The van der Waals surface area contributed by atoms with Crippen molar-refractivity contribution < 1.29 is 9.13 Å². The second-order valence-corrected chi connectivity index (χ2v) is 4.62. The molecule has 1 aromatic heterocycles. The molecule has 1 unspecified atom stereocenters. The topological polar surface area (TPSA) is 64.9 Å². The van der Waals surface area contributed by atoms with E-state index in [4.69, 9.17) is 16.3 Å². The summed E-state index contributed by atoms with van der Waals surface area (Å²) in [4.78, 5) is 0. The lowest BCUT2D eigenvalue weighted by atomic mass is 10.2. The minimum absolute atomic E-state index is 0.0645. The zero-order valence-corrected chi connectivity index (χ0v) is 11.9. The van der Waals surface area contributed by atoms with Crippen LogP contribution in [0.3, 0.4) is 0 Å². The number of halogens is 2. The molecule has 6 nitrogen and oxygen atoms in total. The Hall–Kier alpha value is -1.57. The molecule has 20 heavy (non-hydrogen) atoms. The highest BCUT2D eigenvalue weighted by atomic mass is 35.5. The number of nitrogens with one attached hydrogen (secondary N) is 1. The van der Waals surface area contributed by atoms with Crippen molar-refractivity contribution in [2.24, 2.45) is 0 Å². The van der Waals surface area contributed by atoms with Gasteiger partial charge in [-0.2, -0.15) is 4.68 Å². The van der Waals surface area contributed by atoms with Gasteiger partial charge < -0.3 is 10.1 Å². The molecular formula is C12H15ClFN5O. The summed E-state index contributed by atoms with van der Waals surface area (Å²) < 4.78 is 20.0. The van der Waals surface area contributed by atoms with Crippen LogP contribution in [-0.2, 0) is 4.74 Å². The maximum atomic E-state index is 13.5. The molecule has 0 aliphatic rings. The van der Waals surface area contributed by atoms with Gasteiger partial charge in [-0.25, -0.2) is 4.39 Å². The maximum Gasteiger partial charge on any atom is 0.173 e. The molecule has 8 heteroatoms. The number of aromatic nitrogens is 4. The molecule has 0 saturated carbocycles. The number of hydrogen-bond donors (Lipinski definition) is 1. The van der Waals surface area contributed by atoms with Crippen molar-refractivity contribution >= 4 is 11.6 Å². The van der Waals surface area contributed by atoms with Crippen molar-refractivity contribution in [1.29, 1.82) is 0 Å². The molecule has 108 valence electrons. The van der Waals surface area contributed by atoms with Gasteiger partial charge in [-0.1, -0.05) is 11.6 Å². The summed E-state index contributed by atoms with van der Waals surface area (Å²) in [7, 11) is 1.63. The van der Waals surface area contributed by atoms with E-state index in [0.29, 0.717) is 24.7 Å². The van der Waals surface area contributed by atoms with Crippen molar-refractivity contribution in [3.8, 4) is 5.69 Å². The molecule has 0 saturated heterocycles. The van der Waals surface area contributed by atoms with Crippen LogP contribution in [0.2, 0.25) is 5.02 Å². The summed E-state index contributed by atoms with van der Waals surface area (Å²) in [6.07, 6.45) is 0. The highest BCUT2D eigenvalue weighted by molar-refractivity contribution is 6.30. The molecule has 0 fully saturated rings. The Bertz CT molecular complexity index is 577. The Morgan fingerprint density at radius 2 is 2.30 bits per heavy atom. The average molecular weight is 300 g/mol. The molecule has 1 N–H and O–H groups in total. The van der Waals surface area contributed by atoms with E-state index in [1.54, 1.807) is 13.2 Å². The van der Waals surface area contributed by atoms with Gasteiger partial charge in [0.05, 0.1) is 23.4 Å². The van der Waals surface area contributed by atoms with Crippen LogP contribution in [0.15, 0.2) is 18.2 Å². The molecular weight excluding hydrogens is 285 g/mol. The zero-order chi connectivity index (χ0) is 14.5. The first-order valence-electron chi connectivity index (χ1n) is 6.09. The molecule has 1 aromatic carbocycles. The molecule has 2 aromatic rings.